The number of carbonyl (C=O) groups excluding carboxylic acids is 3. The first kappa shape index (κ1) is 9.83. The van der Waals surface area contributed by atoms with Crippen molar-refractivity contribution in [3.63, 3.8) is 0 Å². The summed E-state index contributed by atoms with van der Waals surface area (Å²) in [6.45, 7) is 0. The number of furan rings is 1. The molecule has 0 N–H and O–H groups in total. The third-order valence-corrected chi connectivity index (χ3v) is 2.67. The minimum Gasteiger partial charge on any atom is -0.469 e. The zero-order valence-corrected chi connectivity index (χ0v) is 8.01. The van der Waals surface area contributed by atoms with E-state index < -0.39 is 5.92 Å². The Morgan fingerprint density at radius 2 is 1.93 bits per heavy atom. The average molecular weight is 206 g/mol. The van der Waals surface area contributed by atoms with Gasteiger partial charge in [0.25, 0.3) is 0 Å². The summed E-state index contributed by atoms with van der Waals surface area (Å²) >= 11 is 0. The number of hydrogen-bond donors (Lipinski definition) is 0. The lowest BCUT2D eigenvalue weighted by molar-refractivity contribution is -0.139. The van der Waals surface area contributed by atoms with Crippen molar-refractivity contribution in [1.29, 1.82) is 0 Å². The highest BCUT2D eigenvalue weighted by Gasteiger charge is 2.36. The lowest BCUT2D eigenvalue weighted by Gasteiger charge is -2.21. The second kappa shape index (κ2) is 3.81. The van der Waals surface area contributed by atoms with Crippen molar-refractivity contribution in [2.75, 3.05) is 0 Å². The molecule has 0 unspecified atom stereocenters. The van der Waals surface area contributed by atoms with Crippen LogP contribution in [0.1, 0.15) is 24.5 Å². The summed E-state index contributed by atoms with van der Waals surface area (Å²) in [6.07, 6.45) is 2.37. The van der Waals surface area contributed by atoms with Crippen LogP contribution in [0.2, 0.25) is 0 Å². The number of aldehydes is 1. The molecule has 0 aromatic carbocycles. The predicted octanol–water partition coefficient (Wildman–Crippen LogP) is 1.11. The van der Waals surface area contributed by atoms with Crippen molar-refractivity contribution in [2.45, 2.75) is 18.8 Å². The molecule has 1 saturated carbocycles. The molecule has 1 aromatic heterocycles. The molecule has 4 heteroatoms. The summed E-state index contributed by atoms with van der Waals surface area (Å²) in [5.74, 6) is -1.21. The van der Waals surface area contributed by atoms with E-state index in [9.17, 15) is 14.4 Å². The van der Waals surface area contributed by atoms with Crippen LogP contribution in [-0.4, -0.2) is 17.9 Å². The van der Waals surface area contributed by atoms with Crippen molar-refractivity contribution in [2.24, 2.45) is 5.92 Å². The zero-order chi connectivity index (χ0) is 10.8. The molecule has 1 aliphatic carbocycles. The Bertz CT molecular complexity index is 373. The summed E-state index contributed by atoms with van der Waals surface area (Å²) in [4.78, 5) is 33.4. The molecule has 1 aromatic rings. The Hall–Kier alpha value is -1.71. The largest absolute Gasteiger partial charge is 0.469 e. The maximum atomic E-state index is 11.4. The zero-order valence-electron chi connectivity index (χ0n) is 8.01. The fourth-order valence-corrected chi connectivity index (χ4v) is 1.87. The van der Waals surface area contributed by atoms with Crippen LogP contribution in [0.3, 0.4) is 0 Å². The van der Waals surface area contributed by atoms with Gasteiger partial charge in [0.1, 0.15) is 18.0 Å². The van der Waals surface area contributed by atoms with Crippen LogP contribution in [0.5, 0.6) is 0 Å². The van der Waals surface area contributed by atoms with Gasteiger partial charge in [0, 0.05) is 18.8 Å². The summed E-state index contributed by atoms with van der Waals surface area (Å²) in [5, 5.41) is 0. The normalized spacial score (nSPS) is 26.7. The maximum absolute atomic E-state index is 11.4. The molecule has 0 atom stereocenters. The molecule has 1 aliphatic rings. The SMILES string of the molecule is O=CC1C(=O)CC(c2ccco2)CC1=O. The molecule has 2 rings (SSSR count). The molecular weight excluding hydrogens is 196 g/mol. The van der Waals surface area contributed by atoms with Crippen LogP contribution >= 0.6 is 0 Å². The van der Waals surface area contributed by atoms with Crippen molar-refractivity contribution >= 4 is 17.9 Å². The third-order valence-electron chi connectivity index (χ3n) is 2.67. The number of ketones is 2. The summed E-state index contributed by atoms with van der Waals surface area (Å²) in [5.41, 5.74) is 0. The lowest BCUT2D eigenvalue weighted by atomic mass is 9.79. The first-order chi connectivity index (χ1) is 7.22. The van der Waals surface area contributed by atoms with Crippen LogP contribution in [0.25, 0.3) is 0 Å². The summed E-state index contributed by atoms with van der Waals surface area (Å²) in [7, 11) is 0. The van der Waals surface area contributed by atoms with E-state index in [1.165, 1.54) is 6.26 Å². The van der Waals surface area contributed by atoms with Crippen LogP contribution < -0.4 is 0 Å². The Morgan fingerprint density at radius 3 is 2.40 bits per heavy atom. The van der Waals surface area contributed by atoms with Gasteiger partial charge in [-0.3, -0.25) is 9.59 Å². The number of Topliss-reactive ketones (excluding diaryl/α,β-unsaturated/α-hetero) is 2. The highest BCUT2D eigenvalue weighted by atomic mass is 16.3. The van der Waals surface area contributed by atoms with E-state index in [4.69, 9.17) is 4.42 Å². The van der Waals surface area contributed by atoms with Crippen molar-refractivity contribution in [3.8, 4) is 0 Å². The standard InChI is InChI=1S/C11H10O4/c12-6-8-9(13)4-7(5-10(8)14)11-2-1-3-15-11/h1-3,6-8H,4-5H2. The first-order valence-corrected chi connectivity index (χ1v) is 4.76. The Balaban J connectivity index is 2.18. The van der Waals surface area contributed by atoms with Crippen LogP contribution in [0.15, 0.2) is 22.8 Å². The van der Waals surface area contributed by atoms with Crippen molar-refractivity contribution in [3.05, 3.63) is 24.2 Å². The van der Waals surface area contributed by atoms with Crippen molar-refractivity contribution < 1.29 is 18.8 Å². The lowest BCUT2D eigenvalue weighted by Crippen LogP contribution is -2.33. The highest BCUT2D eigenvalue weighted by Crippen LogP contribution is 2.31. The van der Waals surface area contributed by atoms with Gasteiger partial charge in [-0.2, -0.15) is 0 Å². The highest BCUT2D eigenvalue weighted by molar-refractivity contribution is 6.15. The molecule has 0 aliphatic heterocycles. The minimum absolute atomic E-state index is 0.198. The van der Waals surface area contributed by atoms with Crippen LogP contribution in [0.4, 0.5) is 0 Å². The van der Waals surface area contributed by atoms with E-state index in [0.29, 0.717) is 12.0 Å². The summed E-state index contributed by atoms with van der Waals surface area (Å²) < 4.78 is 5.15. The van der Waals surface area contributed by atoms with E-state index in [2.05, 4.69) is 0 Å². The molecule has 1 fully saturated rings. The van der Waals surface area contributed by atoms with E-state index in [1.807, 2.05) is 0 Å². The molecule has 0 amide bonds. The molecule has 4 nitrogen and oxygen atoms in total. The topological polar surface area (TPSA) is 64.3 Å². The van der Waals surface area contributed by atoms with Gasteiger partial charge in [0.2, 0.25) is 0 Å². The van der Waals surface area contributed by atoms with Gasteiger partial charge < -0.3 is 9.21 Å². The first-order valence-electron chi connectivity index (χ1n) is 4.76. The van der Waals surface area contributed by atoms with Gasteiger partial charge in [-0.15, -0.1) is 0 Å². The van der Waals surface area contributed by atoms with Gasteiger partial charge in [-0.25, -0.2) is 0 Å². The molecule has 78 valence electrons. The number of rotatable bonds is 2. The van der Waals surface area contributed by atoms with E-state index in [1.54, 1.807) is 12.1 Å². The van der Waals surface area contributed by atoms with Gasteiger partial charge >= 0.3 is 0 Å². The van der Waals surface area contributed by atoms with Gasteiger partial charge in [-0.05, 0) is 12.1 Å². The Kier molecular flexibility index (Phi) is 2.49. The van der Waals surface area contributed by atoms with E-state index in [-0.39, 0.29) is 30.3 Å². The Morgan fingerprint density at radius 1 is 1.27 bits per heavy atom. The molecule has 0 saturated heterocycles. The van der Waals surface area contributed by atoms with Crippen LogP contribution in [0, 0.1) is 5.92 Å². The third kappa shape index (κ3) is 1.75. The molecular formula is C11H10O4. The monoisotopic (exact) mass is 206 g/mol. The van der Waals surface area contributed by atoms with Gasteiger partial charge in [0.05, 0.1) is 6.26 Å². The van der Waals surface area contributed by atoms with E-state index in [0.717, 1.165) is 0 Å². The summed E-state index contributed by atoms with van der Waals surface area (Å²) in [6, 6.07) is 3.46. The second-order valence-electron chi connectivity index (χ2n) is 3.67. The van der Waals surface area contributed by atoms with Crippen LogP contribution in [-0.2, 0) is 14.4 Å². The smallest absolute Gasteiger partial charge is 0.151 e. The number of carbonyl (C=O) groups is 3. The molecule has 1 heterocycles. The maximum Gasteiger partial charge on any atom is 0.151 e. The second-order valence-corrected chi connectivity index (χ2v) is 3.67. The quantitative estimate of drug-likeness (QED) is 0.537. The minimum atomic E-state index is -1.05. The Labute approximate surface area is 86.3 Å². The average Bonchev–Trinajstić information content (AvgIpc) is 2.69. The molecule has 0 radical (unpaired) electrons. The number of hydrogen-bond acceptors (Lipinski definition) is 4. The van der Waals surface area contributed by atoms with Gasteiger partial charge in [0.15, 0.2) is 11.6 Å². The molecule has 0 spiro atoms. The van der Waals surface area contributed by atoms with E-state index >= 15 is 0 Å². The fourth-order valence-electron chi connectivity index (χ4n) is 1.87. The molecule has 15 heavy (non-hydrogen) atoms. The van der Waals surface area contributed by atoms with Crippen molar-refractivity contribution in [1.82, 2.24) is 0 Å². The molecule has 0 bridgehead atoms. The predicted molar refractivity (Wildman–Crippen MR) is 50.3 cm³/mol. The fraction of sp³-hybridized carbons (Fsp3) is 0.364. The van der Waals surface area contributed by atoms with Gasteiger partial charge in [-0.1, -0.05) is 0 Å².